The van der Waals surface area contributed by atoms with Gasteiger partial charge in [0.25, 0.3) is 0 Å². The van der Waals surface area contributed by atoms with Crippen molar-refractivity contribution in [2.45, 2.75) is 19.0 Å². The van der Waals surface area contributed by atoms with E-state index in [2.05, 4.69) is 0 Å². The molecule has 1 aromatic rings. The number of alkyl halides is 3. The summed E-state index contributed by atoms with van der Waals surface area (Å²) in [5.74, 6) is -3.33. The van der Waals surface area contributed by atoms with Gasteiger partial charge in [-0.15, -0.1) is 0 Å². The van der Waals surface area contributed by atoms with Crippen LogP contribution < -0.4 is 4.74 Å². The Bertz CT molecular complexity index is 554. The molecule has 0 spiro atoms. The molecule has 1 N–H and O–H groups in total. The van der Waals surface area contributed by atoms with E-state index in [1.165, 1.54) is 12.1 Å². The average Bonchev–Trinajstić information content (AvgIpc) is 2.48. The van der Waals surface area contributed by atoms with Crippen LogP contribution in [0.2, 0.25) is 0 Å². The van der Waals surface area contributed by atoms with E-state index in [0.29, 0.717) is 19.6 Å². The van der Waals surface area contributed by atoms with Gasteiger partial charge in [-0.25, -0.2) is 9.18 Å². The molecular weight excluding hydrogens is 318 g/mol. The summed E-state index contributed by atoms with van der Waals surface area (Å²) in [4.78, 5) is 12.5. The Kier molecular flexibility index (Phi) is 5.46. The molecule has 8 heteroatoms. The maximum Gasteiger partial charge on any atom is 0.391 e. The number of hydrogen-bond acceptors (Lipinski definition) is 3. The fourth-order valence-electron chi connectivity index (χ4n) is 2.52. The molecule has 2 rings (SSSR count). The zero-order valence-electron chi connectivity index (χ0n) is 12.3. The number of carboxylic acid groups (broad SMARTS) is 1. The Morgan fingerprint density at radius 2 is 1.96 bits per heavy atom. The molecule has 0 aliphatic carbocycles. The number of hydrogen-bond donors (Lipinski definition) is 1. The van der Waals surface area contributed by atoms with Gasteiger partial charge in [-0.05, 0) is 44.1 Å². The first-order valence-electron chi connectivity index (χ1n) is 7.22. The van der Waals surface area contributed by atoms with Gasteiger partial charge in [0.05, 0.1) is 11.5 Å². The first-order valence-corrected chi connectivity index (χ1v) is 7.22. The lowest BCUT2D eigenvalue weighted by molar-refractivity contribution is -0.185. The molecule has 0 aromatic heterocycles. The van der Waals surface area contributed by atoms with Gasteiger partial charge in [-0.2, -0.15) is 13.2 Å². The lowest BCUT2D eigenvalue weighted by atomic mass is 9.96. The Morgan fingerprint density at radius 1 is 1.30 bits per heavy atom. The van der Waals surface area contributed by atoms with Crippen LogP contribution in [0, 0.1) is 11.7 Å². The Hall–Kier alpha value is -1.83. The average molecular weight is 335 g/mol. The second-order valence-corrected chi connectivity index (χ2v) is 5.46. The highest BCUT2D eigenvalue weighted by Gasteiger charge is 2.40. The van der Waals surface area contributed by atoms with Gasteiger partial charge in [-0.1, -0.05) is 0 Å². The number of likely N-dealkylation sites (tertiary alicyclic amines) is 1. The highest BCUT2D eigenvalue weighted by Crippen LogP contribution is 2.33. The van der Waals surface area contributed by atoms with E-state index < -0.39 is 23.9 Å². The summed E-state index contributed by atoms with van der Waals surface area (Å²) in [6, 6.07) is 3.33. The summed E-state index contributed by atoms with van der Waals surface area (Å²) >= 11 is 0. The molecule has 0 saturated carbocycles. The zero-order chi connectivity index (χ0) is 17.0. The highest BCUT2D eigenvalue weighted by molar-refractivity contribution is 5.87. The number of nitrogens with zero attached hydrogens (tertiary/aromatic N) is 1. The van der Waals surface area contributed by atoms with Crippen LogP contribution in [0.5, 0.6) is 5.75 Å². The summed E-state index contributed by atoms with van der Waals surface area (Å²) in [5, 5.41) is 8.73. The standard InChI is InChI=1S/C15H17F4NO3/c16-12-9-10(14(21)22)1-2-13(12)23-8-7-20-5-3-11(4-6-20)15(17,18)19/h1-2,9,11H,3-8H2,(H,21,22). The molecule has 1 aromatic carbocycles. The van der Waals surface area contributed by atoms with Crippen LogP contribution in [-0.4, -0.2) is 48.4 Å². The molecule has 1 aliphatic heterocycles. The van der Waals surface area contributed by atoms with Crippen LogP contribution in [-0.2, 0) is 0 Å². The van der Waals surface area contributed by atoms with Crippen LogP contribution in [0.1, 0.15) is 23.2 Å². The second-order valence-electron chi connectivity index (χ2n) is 5.46. The van der Waals surface area contributed by atoms with Crippen molar-refractivity contribution in [1.82, 2.24) is 4.90 Å². The van der Waals surface area contributed by atoms with Crippen LogP contribution in [0.4, 0.5) is 17.6 Å². The maximum absolute atomic E-state index is 13.6. The number of benzene rings is 1. The van der Waals surface area contributed by atoms with Crippen LogP contribution >= 0.6 is 0 Å². The van der Waals surface area contributed by atoms with Gasteiger partial charge in [0.1, 0.15) is 6.61 Å². The van der Waals surface area contributed by atoms with Gasteiger partial charge in [-0.3, -0.25) is 4.90 Å². The smallest absolute Gasteiger partial charge is 0.391 e. The number of ether oxygens (including phenoxy) is 1. The van der Waals surface area contributed by atoms with Gasteiger partial charge >= 0.3 is 12.1 Å². The lowest BCUT2D eigenvalue weighted by Crippen LogP contribution is -2.40. The number of carboxylic acids is 1. The number of aromatic carboxylic acids is 1. The van der Waals surface area contributed by atoms with Gasteiger partial charge < -0.3 is 9.84 Å². The van der Waals surface area contributed by atoms with Gasteiger partial charge in [0, 0.05) is 6.54 Å². The first-order chi connectivity index (χ1) is 10.8. The minimum atomic E-state index is -4.14. The van der Waals surface area contributed by atoms with Crippen LogP contribution in [0.25, 0.3) is 0 Å². The highest BCUT2D eigenvalue weighted by atomic mass is 19.4. The fraction of sp³-hybridized carbons (Fsp3) is 0.533. The van der Waals surface area contributed by atoms with E-state index in [1.54, 1.807) is 0 Å². The minimum Gasteiger partial charge on any atom is -0.489 e. The largest absolute Gasteiger partial charge is 0.489 e. The third-order valence-electron chi connectivity index (χ3n) is 3.89. The van der Waals surface area contributed by atoms with Crippen molar-refractivity contribution in [3.8, 4) is 5.75 Å². The SMILES string of the molecule is O=C(O)c1ccc(OCCN2CCC(C(F)(F)F)CC2)c(F)c1. The fourth-order valence-corrected chi connectivity index (χ4v) is 2.52. The number of carbonyl (C=O) groups is 1. The molecule has 1 heterocycles. The molecule has 0 atom stereocenters. The number of piperidine rings is 1. The molecule has 0 radical (unpaired) electrons. The number of rotatable bonds is 5. The Morgan fingerprint density at radius 3 is 2.48 bits per heavy atom. The van der Waals surface area contributed by atoms with E-state index in [9.17, 15) is 22.4 Å². The summed E-state index contributed by atoms with van der Waals surface area (Å²) in [5.41, 5.74) is -0.177. The molecule has 1 fully saturated rings. The quantitative estimate of drug-likeness (QED) is 0.840. The normalized spacial score (nSPS) is 17.2. The Balaban J connectivity index is 1.77. The van der Waals surface area contributed by atoms with Crippen molar-refractivity contribution in [3.63, 3.8) is 0 Å². The third-order valence-corrected chi connectivity index (χ3v) is 3.89. The predicted molar refractivity (Wildman–Crippen MR) is 74.1 cm³/mol. The lowest BCUT2D eigenvalue weighted by Gasteiger charge is -2.32. The summed E-state index contributed by atoms with van der Waals surface area (Å²) in [7, 11) is 0. The predicted octanol–water partition coefficient (Wildman–Crippen LogP) is 3.18. The maximum atomic E-state index is 13.6. The molecule has 4 nitrogen and oxygen atoms in total. The van der Waals surface area contributed by atoms with Gasteiger partial charge in [0.2, 0.25) is 0 Å². The summed E-state index contributed by atoms with van der Waals surface area (Å²) in [6.07, 6.45) is -4.02. The Labute approximate surface area is 130 Å². The second kappa shape index (κ2) is 7.16. The number of halogens is 4. The topological polar surface area (TPSA) is 49.8 Å². The molecule has 0 amide bonds. The van der Waals surface area contributed by atoms with E-state index in [0.717, 1.165) is 6.07 Å². The molecular formula is C15H17F4NO3. The molecule has 128 valence electrons. The minimum absolute atomic E-state index is 0.0607. The van der Waals surface area contributed by atoms with Crippen molar-refractivity contribution >= 4 is 5.97 Å². The van der Waals surface area contributed by atoms with Crippen molar-refractivity contribution in [2.75, 3.05) is 26.2 Å². The van der Waals surface area contributed by atoms with E-state index in [4.69, 9.17) is 9.84 Å². The van der Waals surface area contributed by atoms with Crippen molar-refractivity contribution in [1.29, 1.82) is 0 Å². The van der Waals surface area contributed by atoms with E-state index >= 15 is 0 Å². The van der Waals surface area contributed by atoms with Crippen molar-refractivity contribution < 1.29 is 32.2 Å². The molecule has 23 heavy (non-hydrogen) atoms. The van der Waals surface area contributed by atoms with Crippen molar-refractivity contribution in [3.05, 3.63) is 29.6 Å². The van der Waals surface area contributed by atoms with Gasteiger partial charge in [0.15, 0.2) is 11.6 Å². The summed E-state index contributed by atoms with van der Waals surface area (Å²) < 4.78 is 56.5. The molecule has 0 unspecified atom stereocenters. The molecule has 1 saturated heterocycles. The summed E-state index contributed by atoms with van der Waals surface area (Å²) in [6.45, 7) is 1.17. The first kappa shape index (κ1) is 17.5. The zero-order valence-corrected chi connectivity index (χ0v) is 12.3. The van der Waals surface area contributed by atoms with Crippen molar-refractivity contribution in [2.24, 2.45) is 5.92 Å². The molecule has 0 bridgehead atoms. The van der Waals surface area contributed by atoms with E-state index in [1.807, 2.05) is 4.90 Å². The monoisotopic (exact) mass is 335 g/mol. The molecule has 1 aliphatic rings. The van der Waals surface area contributed by atoms with Crippen LogP contribution in [0.3, 0.4) is 0 Å². The van der Waals surface area contributed by atoms with Crippen LogP contribution in [0.15, 0.2) is 18.2 Å². The van der Waals surface area contributed by atoms with E-state index in [-0.39, 0.29) is 30.8 Å². The third kappa shape index (κ3) is 4.82.